The number of carbonyl (C=O) groups is 3. The number of unbranched alkanes of at least 4 members (excludes halogenated alkanes) is 1. The summed E-state index contributed by atoms with van der Waals surface area (Å²) < 4.78 is 5.01. The molecular formula is C13H23NO5. The van der Waals surface area contributed by atoms with Crippen molar-refractivity contribution >= 4 is 17.8 Å². The highest BCUT2D eigenvalue weighted by molar-refractivity contribution is 5.84. The van der Waals surface area contributed by atoms with Crippen molar-refractivity contribution in [2.75, 3.05) is 6.61 Å². The van der Waals surface area contributed by atoms with Crippen LogP contribution in [0.15, 0.2) is 0 Å². The van der Waals surface area contributed by atoms with Crippen molar-refractivity contribution in [3.05, 3.63) is 0 Å². The lowest BCUT2D eigenvalue weighted by molar-refractivity contribution is -0.148. The van der Waals surface area contributed by atoms with Crippen LogP contribution in [0.2, 0.25) is 0 Å². The number of hydrogen-bond acceptors (Lipinski definition) is 4. The lowest BCUT2D eigenvalue weighted by Gasteiger charge is -2.16. The average molecular weight is 273 g/mol. The Balaban J connectivity index is 4.33. The molecule has 0 aliphatic heterocycles. The Labute approximate surface area is 113 Å². The summed E-state index contributed by atoms with van der Waals surface area (Å²) in [6.07, 6.45) is 2.50. The second-order valence-corrected chi connectivity index (χ2v) is 4.32. The minimum absolute atomic E-state index is 0.0513. The molecule has 0 bridgehead atoms. The maximum Gasteiger partial charge on any atom is 0.328 e. The zero-order valence-electron chi connectivity index (χ0n) is 11.6. The average Bonchev–Trinajstić information content (AvgIpc) is 2.34. The van der Waals surface area contributed by atoms with Crippen LogP contribution in [0.4, 0.5) is 0 Å². The zero-order valence-corrected chi connectivity index (χ0v) is 11.6. The van der Waals surface area contributed by atoms with Crippen molar-refractivity contribution in [2.24, 2.45) is 0 Å². The molecule has 1 amide bonds. The fourth-order valence-electron chi connectivity index (χ4n) is 1.43. The molecule has 0 aliphatic carbocycles. The molecule has 0 aromatic rings. The van der Waals surface area contributed by atoms with Crippen LogP contribution in [0.3, 0.4) is 0 Å². The van der Waals surface area contributed by atoms with Gasteiger partial charge in [0.25, 0.3) is 0 Å². The minimum atomic E-state index is -1.00. The Bertz CT molecular complexity index is 303. The third kappa shape index (κ3) is 9.04. The fraction of sp³-hybridized carbons (Fsp3) is 0.769. The molecule has 0 radical (unpaired) electrons. The summed E-state index contributed by atoms with van der Waals surface area (Å²) in [5, 5.41) is 11.2. The number of carboxylic acids is 1. The Hall–Kier alpha value is -1.59. The van der Waals surface area contributed by atoms with Crippen molar-refractivity contribution < 1.29 is 24.2 Å². The molecule has 0 aliphatic rings. The van der Waals surface area contributed by atoms with Crippen LogP contribution in [-0.4, -0.2) is 35.6 Å². The van der Waals surface area contributed by atoms with Gasteiger partial charge in [0.05, 0.1) is 6.61 Å². The molecule has 6 heteroatoms. The third-order valence-electron chi connectivity index (χ3n) is 2.49. The first kappa shape index (κ1) is 17.4. The number of ether oxygens (including phenoxy) is 1. The van der Waals surface area contributed by atoms with Gasteiger partial charge in [-0.2, -0.15) is 0 Å². The van der Waals surface area contributed by atoms with E-state index in [4.69, 9.17) is 9.84 Å². The van der Waals surface area contributed by atoms with E-state index in [0.29, 0.717) is 19.4 Å². The van der Waals surface area contributed by atoms with E-state index in [1.54, 1.807) is 0 Å². The molecule has 110 valence electrons. The van der Waals surface area contributed by atoms with Crippen LogP contribution in [0, 0.1) is 0 Å². The first-order chi connectivity index (χ1) is 9.01. The quantitative estimate of drug-likeness (QED) is 0.464. The molecule has 0 fully saturated rings. The molecule has 0 spiro atoms. The zero-order chi connectivity index (χ0) is 14.7. The Kier molecular flexibility index (Phi) is 9.48. The second-order valence-electron chi connectivity index (χ2n) is 4.32. The summed E-state index contributed by atoms with van der Waals surface area (Å²) >= 11 is 0. The van der Waals surface area contributed by atoms with Gasteiger partial charge in [-0.05, 0) is 19.3 Å². The maximum absolute atomic E-state index is 11.7. The van der Waals surface area contributed by atoms with E-state index >= 15 is 0 Å². The molecular weight excluding hydrogens is 250 g/mol. The topological polar surface area (TPSA) is 92.7 Å². The van der Waals surface area contributed by atoms with Gasteiger partial charge in [0, 0.05) is 12.8 Å². The van der Waals surface area contributed by atoms with Gasteiger partial charge in [0.15, 0.2) is 0 Å². The van der Waals surface area contributed by atoms with Crippen LogP contribution >= 0.6 is 0 Å². The number of esters is 1. The van der Waals surface area contributed by atoms with Gasteiger partial charge in [-0.1, -0.05) is 20.3 Å². The monoisotopic (exact) mass is 273 g/mol. The van der Waals surface area contributed by atoms with Crippen LogP contribution in [0.5, 0.6) is 0 Å². The molecule has 0 aromatic heterocycles. The maximum atomic E-state index is 11.7. The Morgan fingerprint density at radius 2 is 1.84 bits per heavy atom. The van der Waals surface area contributed by atoms with E-state index in [1.165, 1.54) is 0 Å². The van der Waals surface area contributed by atoms with Gasteiger partial charge in [-0.25, -0.2) is 4.79 Å². The van der Waals surface area contributed by atoms with Gasteiger partial charge in [-0.15, -0.1) is 0 Å². The van der Waals surface area contributed by atoms with Crippen molar-refractivity contribution in [3.63, 3.8) is 0 Å². The van der Waals surface area contributed by atoms with Gasteiger partial charge >= 0.3 is 11.9 Å². The molecule has 0 rings (SSSR count). The predicted octanol–water partition coefficient (Wildman–Crippen LogP) is 1.48. The van der Waals surface area contributed by atoms with E-state index in [-0.39, 0.29) is 18.7 Å². The normalized spacial score (nSPS) is 11.7. The second kappa shape index (κ2) is 10.3. The number of rotatable bonds is 10. The molecule has 2 N–H and O–H groups in total. The number of carboxylic acid groups (broad SMARTS) is 1. The number of nitrogens with one attached hydrogen (secondary N) is 1. The lowest BCUT2D eigenvalue weighted by Crippen LogP contribution is -2.42. The summed E-state index contributed by atoms with van der Waals surface area (Å²) in [6.45, 7) is 4.12. The summed E-state index contributed by atoms with van der Waals surface area (Å²) in [6, 6.07) is -0.869. The highest BCUT2D eigenvalue weighted by Gasteiger charge is 2.22. The van der Waals surface area contributed by atoms with Crippen LogP contribution in [-0.2, 0) is 19.1 Å². The SMILES string of the molecule is CCCCOC(=O)[C@H](CCC(=O)O)NC(=O)CCC. The summed E-state index contributed by atoms with van der Waals surface area (Å²) in [5.74, 6) is -1.82. The standard InChI is InChI=1S/C13H23NO5/c1-3-5-9-19-13(18)10(7-8-12(16)17)14-11(15)6-4-2/h10H,3-9H2,1-2H3,(H,14,15)(H,16,17)/t10-/m0/s1. The van der Waals surface area contributed by atoms with E-state index in [0.717, 1.165) is 12.8 Å². The number of carbonyl (C=O) groups excluding carboxylic acids is 2. The van der Waals surface area contributed by atoms with Crippen molar-refractivity contribution in [1.29, 1.82) is 0 Å². The molecule has 19 heavy (non-hydrogen) atoms. The molecule has 0 aromatic carbocycles. The molecule has 0 saturated carbocycles. The molecule has 1 atom stereocenters. The van der Waals surface area contributed by atoms with E-state index < -0.39 is 18.0 Å². The molecule has 0 heterocycles. The number of aliphatic carboxylic acids is 1. The molecule has 0 unspecified atom stereocenters. The summed E-state index contributed by atoms with van der Waals surface area (Å²) in [4.78, 5) is 33.7. The van der Waals surface area contributed by atoms with Crippen molar-refractivity contribution in [2.45, 2.75) is 58.4 Å². The molecule has 0 saturated heterocycles. The summed E-state index contributed by atoms with van der Waals surface area (Å²) in [5.41, 5.74) is 0. The van der Waals surface area contributed by atoms with Crippen LogP contribution < -0.4 is 5.32 Å². The lowest BCUT2D eigenvalue weighted by atomic mass is 10.1. The van der Waals surface area contributed by atoms with Gasteiger partial charge in [-0.3, -0.25) is 9.59 Å². The highest BCUT2D eigenvalue weighted by Crippen LogP contribution is 2.03. The fourth-order valence-corrected chi connectivity index (χ4v) is 1.43. The predicted molar refractivity (Wildman–Crippen MR) is 69.6 cm³/mol. The first-order valence-electron chi connectivity index (χ1n) is 6.69. The number of amides is 1. The van der Waals surface area contributed by atoms with Gasteiger partial charge in [0.2, 0.25) is 5.91 Å². The van der Waals surface area contributed by atoms with E-state index in [2.05, 4.69) is 5.32 Å². The van der Waals surface area contributed by atoms with Crippen LogP contribution in [0.25, 0.3) is 0 Å². The smallest absolute Gasteiger partial charge is 0.328 e. The van der Waals surface area contributed by atoms with E-state index in [9.17, 15) is 14.4 Å². The van der Waals surface area contributed by atoms with Gasteiger partial charge < -0.3 is 15.2 Å². The first-order valence-corrected chi connectivity index (χ1v) is 6.69. The van der Waals surface area contributed by atoms with Crippen LogP contribution in [0.1, 0.15) is 52.4 Å². The van der Waals surface area contributed by atoms with Gasteiger partial charge in [0.1, 0.15) is 6.04 Å². The third-order valence-corrected chi connectivity index (χ3v) is 2.49. The van der Waals surface area contributed by atoms with Crippen molar-refractivity contribution in [1.82, 2.24) is 5.32 Å². The Morgan fingerprint density at radius 1 is 1.16 bits per heavy atom. The highest BCUT2D eigenvalue weighted by atomic mass is 16.5. The molecule has 6 nitrogen and oxygen atoms in total. The minimum Gasteiger partial charge on any atom is -0.481 e. The largest absolute Gasteiger partial charge is 0.481 e. The Morgan fingerprint density at radius 3 is 2.37 bits per heavy atom. The summed E-state index contributed by atoms with van der Waals surface area (Å²) in [7, 11) is 0. The number of hydrogen-bond donors (Lipinski definition) is 2. The van der Waals surface area contributed by atoms with Crippen molar-refractivity contribution in [3.8, 4) is 0 Å². The van der Waals surface area contributed by atoms with E-state index in [1.807, 2.05) is 13.8 Å².